The van der Waals surface area contributed by atoms with E-state index in [-0.39, 0.29) is 35.7 Å². The highest BCUT2D eigenvalue weighted by Gasteiger charge is 2.71. The van der Waals surface area contributed by atoms with E-state index in [1.54, 1.807) is 6.92 Å². The fourth-order valence-corrected chi connectivity index (χ4v) is 6.79. The summed E-state index contributed by atoms with van der Waals surface area (Å²) < 4.78 is 12.9. The number of rotatable bonds is 11. The molecular formula is C34H48BrNO6. The topological polar surface area (TPSA) is 96.4 Å². The van der Waals surface area contributed by atoms with E-state index in [9.17, 15) is 14.7 Å². The number of esters is 1. The monoisotopic (exact) mass is 645 g/mol. The van der Waals surface area contributed by atoms with Gasteiger partial charge in [-0.2, -0.15) is 0 Å². The Morgan fingerprint density at radius 2 is 1.57 bits per heavy atom. The zero-order chi connectivity index (χ0) is 29.7. The SMILES string of the molecule is CC(C)Cc1ccc(C(C)C(=O)O)cc1.CCCC[N+]1(C)[C@@H]2CC(OC(=O)[C@H](CO)c3ccccc3)C[C@H]1[C@@H]1O[C@@H]12.[Br-]. The van der Waals surface area contributed by atoms with Gasteiger partial charge in [-0.05, 0) is 42.4 Å². The average molecular weight is 647 g/mol. The van der Waals surface area contributed by atoms with Crippen molar-refractivity contribution in [1.29, 1.82) is 0 Å². The van der Waals surface area contributed by atoms with Gasteiger partial charge in [0.25, 0.3) is 0 Å². The third kappa shape index (κ3) is 7.81. The number of carbonyl (C=O) groups is 2. The van der Waals surface area contributed by atoms with Crippen molar-refractivity contribution in [3.63, 3.8) is 0 Å². The second kappa shape index (κ2) is 15.0. The maximum atomic E-state index is 12.7. The molecule has 2 N–H and O–H groups in total. The minimum Gasteiger partial charge on any atom is -1.00 e. The lowest BCUT2D eigenvalue weighted by Gasteiger charge is -2.48. The van der Waals surface area contributed by atoms with E-state index in [0.29, 0.717) is 30.2 Å². The Bertz CT molecular complexity index is 1140. The van der Waals surface area contributed by atoms with Crippen molar-refractivity contribution in [1.82, 2.24) is 0 Å². The van der Waals surface area contributed by atoms with Crippen LogP contribution < -0.4 is 17.0 Å². The molecule has 3 heterocycles. The summed E-state index contributed by atoms with van der Waals surface area (Å²) in [5.41, 5.74) is 2.95. The average Bonchev–Trinajstić information content (AvgIpc) is 3.72. The number of carboxylic acids is 1. The first-order valence-corrected chi connectivity index (χ1v) is 15.3. The number of carbonyl (C=O) groups excluding carboxylic acids is 1. The number of nitrogens with zero attached hydrogens (tertiary/aromatic N) is 1. The molecule has 2 aromatic rings. The Morgan fingerprint density at radius 1 is 0.976 bits per heavy atom. The Balaban J connectivity index is 0.000000260. The number of unbranched alkanes of at least 4 members (excludes halogenated alkanes) is 1. The molecule has 2 bridgehead atoms. The van der Waals surface area contributed by atoms with Crippen molar-refractivity contribution in [2.45, 2.75) is 102 Å². The molecule has 3 aliphatic heterocycles. The van der Waals surface area contributed by atoms with E-state index in [1.807, 2.05) is 54.6 Å². The number of piperidine rings is 1. The molecule has 0 saturated carbocycles. The van der Waals surface area contributed by atoms with Crippen LogP contribution in [0.5, 0.6) is 0 Å². The van der Waals surface area contributed by atoms with Gasteiger partial charge in [-0.25, -0.2) is 0 Å². The number of quaternary nitrogens is 1. The van der Waals surface area contributed by atoms with Crippen LogP contribution in [0.25, 0.3) is 0 Å². The Hall–Kier alpha value is -2.26. The zero-order valence-corrected chi connectivity index (χ0v) is 27.2. The predicted octanol–water partition coefficient (Wildman–Crippen LogP) is 2.31. The molecule has 3 aliphatic rings. The first kappa shape index (κ1) is 34.2. The number of aliphatic carboxylic acids is 1. The van der Waals surface area contributed by atoms with Gasteiger partial charge in [-0.3, -0.25) is 9.59 Å². The van der Waals surface area contributed by atoms with Gasteiger partial charge in [-0.1, -0.05) is 81.8 Å². The number of morpholine rings is 1. The summed E-state index contributed by atoms with van der Waals surface area (Å²) >= 11 is 0. The van der Waals surface area contributed by atoms with Crippen LogP contribution in [-0.4, -0.2) is 77.2 Å². The van der Waals surface area contributed by atoms with Gasteiger partial charge in [0.2, 0.25) is 0 Å². The molecule has 3 unspecified atom stereocenters. The first-order valence-electron chi connectivity index (χ1n) is 15.3. The molecule has 232 valence electrons. The molecule has 7 nitrogen and oxygen atoms in total. The Kier molecular flexibility index (Phi) is 12.2. The Morgan fingerprint density at radius 3 is 2.07 bits per heavy atom. The van der Waals surface area contributed by atoms with Gasteiger partial charge < -0.3 is 41.2 Å². The standard InChI is InChI=1S/C21H30NO4.C13H18O2.BrH/c1-3-4-10-22(2)17-11-15(12-18(22)20-19(17)26-20)25-21(24)16(13-23)14-8-6-5-7-9-14;1-9(2)8-11-4-6-12(7-5-11)10(3)13(14)15;/h5-9,15-20,23H,3-4,10-13H2,1-2H3;4-7,9-10H,8H2,1-3H3,(H,14,15);1H/q+1;;/p-1/t15?,16-,17-,18+,19-,20+,22?;;/m1../s1. The lowest BCUT2D eigenvalue weighted by Crippen LogP contribution is -3.00. The van der Waals surface area contributed by atoms with Gasteiger partial charge in [0.1, 0.15) is 36.3 Å². The molecule has 8 heteroatoms. The number of aliphatic hydroxyl groups excluding tert-OH is 1. The maximum absolute atomic E-state index is 12.7. The lowest BCUT2D eigenvalue weighted by atomic mass is 9.94. The molecule has 5 rings (SSSR count). The maximum Gasteiger partial charge on any atom is 0.316 e. The van der Waals surface area contributed by atoms with E-state index >= 15 is 0 Å². The quantitative estimate of drug-likeness (QED) is 0.221. The third-order valence-corrected chi connectivity index (χ3v) is 9.28. The molecular weight excluding hydrogens is 598 g/mol. The fraction of sp³-hybridized carbons (Fsp3) is 0.588. The second-order valence-corrected chi connectivity index (χ2v) is 12.7. The van der Waals surface area contributed by atoms with Crippen molar-refractivity contribution in [2.24, 2.45) is 5.92 Å². The molecule has 3 fully saturated rings. The van der Waals surface area contributed by atoms with Crippen LogP contribution in [-0.2, 0) is 25.5 Å². The molecule has 0 radical (unpaired) electrons. The van der Waals surface area contributed by atoms with Crippen molar-refractivity contribution in [2.75, 3.05) is 20.2 Å². The second-order valence-electron chi connectivity index (χ2n) is 12.7. The zero-order valence-electron chi connectivity index (χ0n) is 25.6. The number of hydrogen-bond donors (Lipinski definition) is 2. The first-order chi connectivity index (χ1) is 19.6. The van der Waals surface area contributed by atoms with Gasteiger partial charge in [0.05, 0.1) is 26.1 Å². The van der Waals surface area contributed by atoms with E-state index in [0.717, 1.165) is 34.9 Å². The number of fused-ring (bicyclic) bond motifs is 5. The largest absolute Gasteiger partial charge is 1.00 e. The third-order valence-electron chi connectivity index (χ3n) is 9.28. The molecule has 0 aliphatic carbocycles. The van der Waals surface area contributed by atoms with Crippen LogP contribution in [0.3, 0.4) is 0 Å². The van der Waals surface area contributed by atoms with E-state index in [1.165, 1.54) is 24.9 Å². The summed E-state index contributed by atoms with van der Waals surface area (Å²) in [7, 11) is 2.36. The summed E-state index contributed by atoms with van der Waals surface area (Å²) in [5, 5.41) is 18.6. The number of benzene rings is 2. The van der Waals surface area contributed by atoms with Crippen molar-refractivity contribution in [3.05, 3.63) is 71.3 Å². The molecule has 8 atom stereocenters. The van der Waals surface area contributed by atoms with Crippen LogP contribution in [0.15, 0.2) is 54.6 Å². The Labute approximate surface area is 261 Å². The predicted molar refractivity (Wildman–Crippen MR) is 159 cm³/mol. The van der Waals surface area contributed by atoms with Crippen molar-refractivity contribution >= 4 is 11.9 Å². The number of hydrogen-bond acceptors (Lipinski definition) is 5. The van der Waals surface area contributed by atoms with E-state index in [2.05, 4.69) is 27.8 Å². The van der Waals surface area contributed by atoms with Crippen LogP contribution >= 0.6 is 0 Å². The molecule has 0 spiro atoms. The molecule has 2 aromatic carbocycles. The summed E-state index contributed by atoms with van der Waals surface area (Å²) in [5.74, 6) is -1.46. The van der Waals surface area contributed by atoms with Crippen LogP contribution in [0.4, 0.5) is 0 Å². The molecule has 42 heavy (non-hydrogen) atoms. The highest BCUT2D eigenvalue weighted by molar-refractivity contribution is 5.78. The lowest BCUT2D eigenvalue weighted by molar-refractivity contribution is -0.956. The minimum absolute atomic E-state index is 0. The van der Waals surface area contributed by atoms with E-state index in [4.69, 9.17) is 14.6 Å². The minimum atomic E-state index is -0.772. The van der Waals surface area contributed by atoms with Crippen molar-refractivity contribution < 1.29 is 50.7 Å². The summed E-state index contributed by atoms with van der Waals surface area (Å²) in [4.78, 5) is 23.4. The number of epoxide rings is 1. The summed E-state index contributed by atoms with van der Waals surface area (Å²) in [6.45, 7) is 9.26. The van der Waals surface area contributed by atoms with Crippen LogP contribution in [0.1, 0.15) is 81.9 Å². The number of halogens is 1. The molecule has 3 saturated heterocycles. The van der Waals surface area contributed by atoms with Gasteiger partial charge in [-0.15, -0.1) is 0 Å². The van der Waals surface area contributed by atoms with Gasteiger partial charge in [0, 0.05) is 12.8 Å². The van der Waals surface area contributed by atoms with E-state index < -0.39 is 17.8 Å². The summed E-state index contributed by atoms with van der Waals surface area (Å²) in [6.07, 6.45) is 5.88. The number of carboxylic acid groups (broad SMARTS) is 1. The highest BCUT2D eigenvalue weighted by atomic mass is 79.9. The number of ether oxygens (including phenoxy) is 2. The smallest absolute Gasteiger partial charge is 0.316 e. The highest BCUT2D eigenvalue weighted by Crippen LogP contribution is 2.53. The number of likely N-dealkylation sites (N-methyl/N-ethyl adjacent to an activating group) is 1. The molecule has 0 aromatic heterocycles. The normalized spacial score (nSPS) is 28.4. The fourth-order valence-electron chi connectivity index (χ4n) is 6.79. The van der Waals surface area contributed by atoms with Crippen LogP contribution in [0, 0.1) is 5.92 Å². The molecule has 0 amide bonds. The number of aliphatic hydroxyl groups is 1. The van der Waals surface area contributed by atoms with Gasteiger partial charge >= 0.3 is 11.9 Å². The summed E-state index contributed by atoms with van der Waals surface area (Å²) in [6, 6.07) is 18.2. The van der Waals surface area contributed by atoms with Gasteiger partial charge in [0.15, 0.2) is 0 Å². The van der Waals surface area contributed by atoms with Crippen LogP contribution in [0.2, 0.25) is 0 Å². The van der Waals surface area contributed by atoms with Crippen molar-refractivity contribution in [3.8, 4) is 0 Å².